The number of hydrogen-bond donors (Lipinski definition) is 1. The van der Waals surface area contributed by atoms with E-state index in [4.69, 9.17) is 17.3 Å². The maximum Gasteiger partial charge on any atom is 0.267 e. The van der Waals surface area contributed by atoms with Crippen molar-refractivity contribution in [2.24, 2.45) is 0 Å². The highest BCUT2D eigenvalue weighted by Crippen LogP contribution is 2.17. The van der Waals surface area contributed by atoms with Crippen LogP contribution in [0, 0.1) is 11.7 Å². The summed E-state index contributed by atoms with van der Waals surface area (Å²) in [6.07, 6.45) is 3.79. The Balaban J connectivity index is 1.79. The van der Waals surface area contributed by atoms with Gasteiger partial charge >= 0.3 is 0 Å². The van der Waals surface area contributed by atoms with Crippen LogP contribution in [0.5, 0.6) is 0 Å². The molecule has 6 nitrogen and oxygen atoms in total. The summed E-state index contributed by atoms with van der Waals surface area (Å²) in [5.74, 6) is 0.568. The molecule has 0 amide bonds. The number of fused-ring (bicyclic) bond motifs is 3. The molecule has 0 aliphatic carbocycles. The van der Waals surface area contributed by atoms with Gasteiger partial charge in [-0.2, -0.15) is 4.68 Å². The summed E-state index contributed by atoms with van der Waals surface area (Å²) in [5.41, 5.74) is 2.68. The lowest BCUT2D eigenvalue weighted by molar-refractivity contribution is -0.928. The van der Waals surface area contributed by atoms with E-state index in [2.05, 4.69) is 0 Å². The van der Waals surface area contributed by atoms with Crippen LogP contribution in [0.3, 0.4) is 0 Å². The van der Waals surface area contributed by atoms with Crippen molar-refractivity contribution in [3.05, 3.63) is 69.2 Å². The minimum atomic E-state index is -0.0746. The third-order valence-electron chi connectivity index (χ3n) is 5.83. The highest BCUT2D eigenvalue weighted by molar-refractivity contribution is 7.71. The molecule has 0 spiro atoms. The maximum atomic E-state index is 13.4. The van der Waals surface area contributed by atoms with Gasteiger partial charge < -0.3 is 4.90 Å². The Kier molecular flexibility index (Phi) is 4.56. The summed E-state index contributed by atoms with van der Waals surface area (Å²) in [7, 11) is 0. The van der Waals surface area contributed by atoms with Crippen molar-refractivity contribution in [3.63, 3.8) is 0 Å². The van der Waals surface area contributed by atoms with E-state index in [9.17, 15) is 4.79 Å². The van der Waals surface area contributed by atoms with Gasteiger partial charge in [0.05, 0.1) is 29.7 Å². The second kappa shape index (κ2) is 7.24. The second-order valence-electron chi connectivity index (χ2n) is 7.88. The van der Waals surface area contributed by atoms with Gasteiger partial charge in [-0.3, -0.25) is 9.20 Å². The molecule has 1 fully saturated rings. The summed E-state index contributed by atoms with van der Waals surface area (Å²) < 4.78 is 6.15. The zero-order valence-corrected chi connectivity index (χ0v) is 17.3. The first-order valence-electron chi connectivity index (χ1n) is 10.2. The average Bonchev–Trinajstić information content (AvgIpc) is 3.06. The van der Waals surface area contributed by atoms with Crippen molar-refractivity contribution in [2.45, 2.75) is 32.9 Å². The van der Waals surface area contributed by atoms with E-state index in [1.165, 1.54) is 24.2 Å². The fraction of sp³-hybridized carbons (Fsp3) is 0.318. The van der Waals surface area contributed by atoms with Crippen LogP contribution < -0.4 is 10.5 Å². The number of likely N-dealkylation sites (tertiary alicyclic amines) is 1. The molecule has 1 N–H and O–H groups in total. The molecular formula is C22H24N5OS+. The summed E-state index contributed by atoms with van der Waals surface area (Å²) in [4.78, 5) is 14.9. The zero-order valence-electron chi connectivity index (χ0n) is 16.5. The zero-order chi connectivity index (χ0) is 20.0. The number of rotatable bonds is 3. The molecule has 0 unspecified atom stereocenters. The number of nitrogens with zero attached hydrogens (tertiary/aromatic N) is 4. The number of quaternary nitrogens is 1. The van der Waals surface area contributed by atoms with Gasteiger partial charge in [0.2, 0.25) is 10.5 Å². The SMILES string of the molecule is Cc1ccc(-n2c(=O)c3ccccc3n3c(=S)n(C[NH+]4CCCCC4)nc23)cc1. The molecule has 0 radical (unpaired) electrons. The van der Waals surface area contributed by atoms with Crippen LogP contribution in [0.25, 0.3) is 22.4 Å². The molecule has 0 saturated carbocycles. The Morgan fingerprint density at radius 3 is 2.52 bits per heavy atom. The molecule has 5 rings (SSSR count). The van der Waals surface area contributed by atoms with Gasteiger partial charge in [0.15, 0.2) is 6.67 Å². The molecule has 2 aromatic carbocycles. The van der Waals surface area contributed by atoms with Crippen molar-refractivity contribution in [1.82, 2.24) is 18.7 Å². The molecule has 1 aliphatic heterocycles. The van der Waals surface area contributed by atoms with Crippen molar-refractivity contribution in [3.8, 4) is 5.69 Å². The smallest absolute Gasteiger partial charge is 0.267 e. The topological polar surface area (TPSA) is 48.7 Å². The number of para-hydroxylation sites is 1. The molecule has 1 aliphatic rings. The van der Waals surface area contributed by atoms with Crippen LogP contribution in [-0.2, 0) is 6.67 Å². The van der Waals surface area contributed by atoms with Crippen LogP contribution in [0.4, 0.5) is 0 Å². The molecule has 148 valence electrons. The van der Waals surface area contributed by atoms with Gasteiger partial charge in [0.1, 0.15) is 0 Å². The van der Waals surface area contributed by atoms with Crippen molar-refractivity contribution in [2.75, 3.05) is 13.1 Å². The van der Waals surface area contributed by atoms with E-state index < -0.39 is 0 Å². The third kappa shape index (κ3) is 3.10. The quantitative estimate of drug-likeness (QED) is 0.532. The monoisotopic (exact) mass is 406 g/mol. The summed E-state index contributed by atoms with van der Waals surface area (Å²) >= 11 is 5.83. The number of aryl methyl sites for hydroxylation is 1. The number of piperidine rings is 1. The van der Waals surface area contributed by atoms with Gasteiger partial charge in [-0.1, -0.05) is 29.8 Å². The lowest BCUT2D eigenvalue weighted by Gasteiger charge is -2.22. The Labute approximate surface area is 173 Å². The molecule has 0 atom stereocenters. The summed E-state index contributed by atoms with van der Waals surface area (Å²) in [6.45, 7) is 5.05. The molecule has 1 saturated heterocycles. The number of hydrogen-bond acceptors (Lipinski definition) is 3. The average molecular weight is 407 g/mol. The van der Waals surface area contributed by atoms with E-state index >= 15 is 0 Å². The van der Waals surface area contributed by atoms with E-state index in [-0.39, 0.29) is 5.56 Å². The fourth-order valence-electron chi connectivity index (χ4n) is 4.26. The third-order valence-corrected chi connectivity index (χ3v) is 6.22. The van der Waals surface area contributed by atoms with Crippen LogP contribution in [-0.4, -0.2) is 31.8 Å². The first kappa shape index (κ1) is 18.3. The van der Waals surface area contributed by atoms with E-state index in [1.54, 1.807) is 4.57 Å². The molecule has 0 bridgehead atoms. The Morgan fingerprint density at radius 1 is 1.03 bits per heavy atom. The normalized spacial score (nSPS) is 15.3. The van der Waals surface area contributed by atoms with Gasteiger partial charge in [-0.05, 0) is 62.7 Å². The van der Waals surface area contributed by atoms with E-state index in [1.807, 2.05) is 64.5 Å². The summed E-state index contributed by atoms with van der Waals surface area (Å²) in [5, 5.41) is 5.47. The van der Waals surface area contributed by atoms with Gasteiger partial charge in [0, 0.05) is 0 Å². The van der Waals surface area contributed by atoms with E-state index in [0.29, 0.717) is 15.9 Å². The number of aromatic nitrogens is 4. The highest BCUT2D eigenvalue weighted by atomic mass is 32.1. The van der Waals surface area contributed by atoms with Crippen molar-refractivity contribution in [1.29, 1.82) is 0 Å². The predicted molar refractivity (Wildman–Crippen MR) is 116 cm³/mol. The Morgan fingerprint density at radius 2 is 1.76 bits per heavy atom. The first-order valence-corrected chi connectivity index (χ1v) is 10.6. The molecule has 3 heterocycles. The van der Waals surface area contributed by atoms with Crippen molar-refractivity contribution < 1.29 is 4.90 Å². The van der Waals surface area contributed by atoms with Crippen LogP contribution in [0.15, 0.2) is 53.3 Å². The number of nitrogens with one attached hydrogen (secondary N) is 1. The highest BCUT2D eigenvalue weighted by Gasteiger charge is 2.20. The predicted octanol–water partition coefficient (Wildman–Crippen LogP) is 2.50. The minimum Gasteiger partial charge on any atom is -0.316 e. The van der Waals surface area contributed by atoms with Crippen LogP contribution in [0.1, 0.15) is 24.8 Å². The molecule has 4 aromatic rings. The standard InChI is InChI=1S/C22H23N5OS/c1-16-9-11-17(12-10-16)26-20(28)18-7-3-4-8-19(18)27-21(26)23-25(22(27)29)15-24-13-5-2-6-14-24/h3-4,7-12H,2,5-6,13-15H2,1H3/p+1. The largest absolute Gasteiger partial charge is 0.316 e. The summed E-state index contributed by atoms with van der Waals surface area (Å²) in [6, 6.07) is 15.6. The first-order chi connectivity index (χ1) is 14.1. The number of benzene rings is 2. The maximum absolute atomic E-state index is 13.4. The van der Waals surface area contributed by atoms with Gasteiger partial charge in [-0.25, -0.2) is 4.57 Å². The fourth-order valence-corrected chi connectivity index (χ4v) is 4.55. The molecule has 2 aromatic heterocycles. The van der Waals surface area contributed by atoms with Crippen LogP contribution >= 0.6 is 12.2 Å². The van der Waals surface area contributed by atoms with Gasteiger partial charge in [0.25, 0.3) is 5.56 Å². The Hall–Kier alpha value is -2.77. The molecule has 29 heavy (non-hydrogen) atoms. The van der Waals surface area contributed by atoms with Crippen LogP contribution in [0.2, 0.25) is 0 Å². The van der Waals surface area contributed by atoms with Crippen molar-refractivity contribution >= 4 is 28.9 Å². The lowest BCUT2D eigenvalue weighted by Crippen LogP contribution is -3.12. The second-order valence-corrected chi connectivity index (χ2v) is 8.24. The molecular weight excluding hydrogens is 382 g/mol. The van der Waals surface area contributed by atoms with E-state index in [0.717, 1.165) is 36.5 Å². The van der Waals surface area contributed by atoms with Gasteiger partial charge in [-0.15, -0.1) is 5.10 Å². The Bertz CT molecular complexity index is 1310. The minimum absolute atomic E-state index is 0.0746. The lowest BCUT2D eigenvalue weighted by atomic mass is 10.1. The molecule has 7 heteroatoms.